The molecule has 0 radical (unpaired) electrons. The first kappa shape index (κ1) is 58.5. The van der Waals surface area contributed by atoms with Crippen LogP contribution in [0.3, 0.4) is 0 Å². The molecule has 406 valence electrons. The van der Waals surface area contributed by atoms with E-state index in [1.165, 1.54) is 38.0 Å². The third kappa shape index (κ3) is 13.8. The lowest BCUT2D eigenvalue weighted by atomic mass is 9.81. The van der Waals surface area contributed by atoms with Crippen molar-refractivity contribution in [3.05, 3.63) is 46.5 Å². The number of nitrogens with one attached hydrogen (secondary N) is 2. The topological polar surface area (TPSA) is 209 Å². The number of thioether (sulfide) groups is 1. The molecule has 6 rings (SSSR count). The van der Waals surface area contributed by atoms with Crippen molar-refractivity contribution in [1.29, 1.82) is 0 Å². The highest BCUT2D eigenvalue weighted by molar-refractivity contribution is 14.1. The van der Waals surface area contributed by atoms with E-state index in [1.54, 1.807) is 54.5 Å². The van der Waals surface area contributed by atoms with Gasteiger partial charge in [0.2, 0.25) is 23.6 Å². The van der Waals surface area contributed by atoms with Gasteiger partial charge in [-0.3, -0.25) is 44.5 Å². The van der Waals surface area contributed by atoms with E-state index in [2.05, 4.69) is 10.7 Å². The van der Waals surface area contributed by atoms with Gasteiger partial charge in [0.15, 0.2) is 5.72 Å². The fourth-order valence-electron chi connectivity index (χ4n) is 10.3. The molecule has 2 unspecified atom stereocenters. The molecule has 1 saturated carbocycles. The molecule has 1 aromatic rings. The summed E-state index contributed by atoms with van der Waals surface area (Å²) < 4.78 is 75.6. The first-order valence-corrected chi connectivity index (χ1v) is 26.6. The number of ether oxygens (including phenoxy) is 5. The number of likely N-dealkylation sites (N-methyl/N-ethyl adjacent to an activating group) is 1. The van der Waals surface area contributed by atoms with E-state index in [0.717, 1.165) is 29.3 Å². The van der Waals surface area contributed by atoms with E-state index in [-0.39, 0.29) is 59.3 Å². The number of likely N-dealkylation sites (tertiary alicyclic amines) is 1. The monoisotopic (exact) mass is 1180 g/mol. The number of halogens is 5. The first-order chi connectivity index (χ1) is 34.2. The number of imide groups is 1. The van der Waals surface area contributed by atoms with Crippen LogP contribution in [-0.2, 0) is 49.3 Å². The number of anilines is 1. The molecule has 5 aliphatic rings. The number of aliphatic hydroxyl groups is 1. The van der Waals surface area contributed by atoms with Crippen LogP contribution in [0.2, 0.25) is 5.02 Å². The Bertz CT molecular complexity index is 2310. The van der Waals surface area contributed by atoms with Crippen molar-refractivity contribution in [2.24, 2.45) is 17.8 Å². The maximum absolute atomic E-state index is 14.9. The summed E-state index contributed by atoms with van der Waals surface area (Å²) in [7, 11) is 7.13. The number of alkyl carbamates (subject to hydrolysis) is 1. The normalized spacial score (nSPS) is 32.3. The predicted octanol–water partition coefficient (Wildman–Crippen LogP) is 6.29. The predicted molar refractivity (Wildman–Crippen MR) is 273 cm³/mol. The van der Waals surface area contributed by atoms with Gasteiger partial charge in [-0.05, 0) is 95.7 Å². The van der Waals surface area contributed by atoms with Crippen LogP contribution in [0, 0.1) is 17.8 Å². The molecule has 73 heavy (non-hydrogen) atoms. The SMILES string of the molecule is COc1cc2cc(c1Cl)N(C)C(=O)C[C@H](OC(=O)[C@H](C)N(C)C(CCSC1CC(=O)N(C[C@H]3CC[C@H](C(=O)NN(C)I)CC3)C1=O)C(F)(F)F)[C@]1(C)O[C@H]1[C@H](C)[C@@H]1C[C@@](O)(NC(=O)O1)[C@H](OC)/C=C/C=C(\C)C2. The Morgan fingerprint density at radius 2 is 1.79 bits per heavy atom. The third-order valence-corrected chi connectivity index (χ3v) is 16.7. The van der Waals surface area contributed by atoms with Gasteiger partial charge in [0.25, 0.3) is 0 Å². The number of rotatable bonds is 14. The van der Waals surface area contributed by atoms with Crippen molar-refractivity contribution < 1.29 is 70.7 Å². The molecular formula is C49H67ClF3IN6O12S. The fraction of sp³-hybridized carbons (Fsp3) is 0.673. The average Bonchev–Trinajstić information content (AvgIpc) is 3.95. The lowest BCUT2D eigenvalue weighted by Crippen LogP contribution is -2.63. The second kappa shape index (κ2) is 24.1. The van der Waals surface area contributed by atoms with Crippen molar-refractivity contribution >= 4 is 87.6 Å². The van der Waals surface area contributed by atoms with Crippen molar-refractivity contribution in [2.75, 3.05) is 52.6 Å². The summed E-state index contributed by atoms with van der Waals surface area (Å²) in [6.07, 6.45) is -3.48. The van der Waals surface area contributed by atoms with Crippen LogP contribution in [0.25, 0.3) is 0 Å². The molecule has 3 saturated heterocycles. The third-order valence-electron chi connectivity index (χ3n) is 14.9. The van der Waals surface area contributed by atoms with E-state index >= 15 is 0 Å². The second-order valence-electron chi connectivity index (χ2n) is 20.0. The number of hydrogen-bond acceptors (Lipinski definition) is 15. The average molecular weight is 1180 g/mol. The summed E-state index contributed by atoms with van der Waals surface area (Å²) in [5, 5.41) is 13.6. The molecule has 4 heterocycles. The quantitative estimate of drug-likeness (QED) is 0.0467. The Morgan fingerprint density at radius 1 is 1.11 bits per heavy atom. The summed E-state index contributed by atoms with van der Waals surface area (Å²) >= 11 is 9.70. The maximum Gasteiger partial charge on any atom is 0.409 e. The molecule has 1 aliphatic carbocycles. The molecule has 10 atom stereocenters. The molecule has 3 N–H and O–H groups in total. The highest BCUT2D eigenvalue weighted by Crippen LogP contribution is 2.49. The number of esters is 1. The Hall–Kier alpha value is -3.72. The molecule has 4 aliphatic heterocycles. The zero-order valence-electron chi connectivity index (χ0n) is 42.5. The highest BCUT2D eigenvalue weighted by Gasteiger charge is 2.65. The first-order valence-electron chi connectivity index (χ1n) is 24.2. The van der Waals surface area contributed by atoms with Gasteiger partial charge in [-0.15, -0.1) is 11.8 Å². The number of alkyl halides is 3. The minimum Gasteiger partial charge on any atom is -0.495 e. The van der Waals surface area contributed by atoms with Gasteiger partial charge in [0.1, 0.15) is 46.8 Å². The summed E-state index contributed by atoms with van der Waals surface area (Å²) in [5.74, 6) is -3.39. The number of benzene rings is 1. The maximum atomic E-state index is 14.9. The number of hydrazine groups is 1. The molecule has 4 fully saturated rings. The molecule has 1 aromatic carbocycles. The van der Waals surface area contributed by atoms with E-state index < -0.39 is 108 Å². The van der Waals surface area contributed by atoms with Crippen LogP contribution >= 0.6 is 46.2 Å². The second-order valence-corrected chi connectivity index (χ2v) is 23.1. The summed E-state index contributed by atoms with van der Waals surface area (Å²) in [5.41, 5.74) is 1.20. The van der Waals surface area contributed by atoms with Gasteiger partial charge in [-0.1, -0.05) is 42.3 Å². The molecule has 24 heteroatoms. The fourth-order valence-corrected chi connectivity index (χ4v) is 12.0. The Labute approximate surface area is 447 Å². The summed E-state index contributed by atoms with van der Waals surface area (Å²) in [6.45, 7) is 6.59. The van der Waals surface area contributed by atoms with Crippen molar-refractivity contribution in [1.82, 2.24) is 23.8 Å². The number of allylic oxidation sites excluding steroid dienone is 3. The van der Waals surface area contributed by atoms with Gasteiger partial charge in [-0.25, -0.2) is 4.79 Å². The zero-order valence-corrected chi connectivity index (χ0v) is 46.2. The number of carbonyl (C=O) groups excluding carboxylic acids is 6. The number of amides is 5. The van der Waals surface area contributed by atoms with Crippen LogP contribution in [0.15, 0.2) is 35.9 Å². The van der Waals surface area contributed by atoms with E-state index in [1.807, 2.05) is 29.8 Å². The standard InChI is InChI=1S/C49H67ClF3IN6O12S/c1-26-11-10-12-37(69-9)48(67)24-34(70-46(66)55-48)27(2)42-47(4,72-42)38(23-39(61)58(6)32-20-30(19-26)21-33(68-8)41(32)50)71-45(65)28(3)57(5)36(49(51,52)53)17-18-73-35-22-40(62)60(44(35)64)25-29-13-15-31(16-14-29)43(63)56-59(7)54/h10-12,20-21,27-29,31,34-38,42,67H,13-19,22-25H2,1-9H3,(H,55,66)(H,56,63)/b12-10+,26-11+/t27-,28+,29-,31-,34+,35?,36?,37-,38+,42+,47+,48+/m1/s1. The minimum absolute atomic E-state index is 0.00216. The molecule has 0 spiro atoms. The number of hydrogen-bond donors (Lipinski definition) is 3. The molecular weight excluding hydrogens is 1120 g/mol. The lowest BCUT2D eigenvalue weighted by molar-refractivity contribution is -0.192. The van der Waals surface area contributed by atoms with Gasteiger partial charge >= 0.3 is 18.2 Å². The number of methoxy groups -OCH3 is 2. The number of nitrogens with zero attached hydrogens (tertiary/aromatic N) is 4. The van der Waals surface area contributed by atoms with E-state index in [0.29, 0.717) is 37.7 Å². The van der Waals surface area contributed by atoms with E-state index in [4.69, 9.17) is 35.3 Å². The number of epoxide rings is 1. The summed E-state index contributed by atoms with van der Waals surface area (Å²) in [6, 6.07) is -0.281. The van der Waals surface area contributed by atoms with E-state index in [9.17, 15) is 47.0 Å². The molecule has 18 nitrogen and oxygen atoms in total. The number of carbonyl (C=O) groups is 6. The largest absolute Gasteiger partial charge is 0.495 e. The van der Waals surface area contributed by atoms with Gasteiger partial charge in [0, 0.05) is 75.3 Å². The molecule has 5 amide bonds. The Kier molecular flexibility index (Phi) is 19.3. The highest BCUT2D eigenvalue weighted by atomic mass is 127. The van der Waals surface area contributed by atoms with Crippen LogP contribution in [0.5, 0.6) is 5.75 Å². The van der Waals surface area contributed by atoms with Crippen LogP contribution in [0.4, 0.5) is 23.7 Å². The summed E-state index contributed by atoms with van der Waals surface area (Å²) in [4.78, 5) is 83.9. The number of fused-ring (bicyclic) bond motifs is 5. The lowest BCUT2D eigenvalue weighted by Gasteiger charge is -2.42. The van der Waals surface area contributed by atoms with Crippen molar-refractivity contribution in [3.8, 4) is 5.75 Å². The van der Waals surface area contributed by atoms with Gasteiger partial charge < -0.3 is 33.7 Å². The minimum atomic E-state index is -4.84. The smallest absolute Gasteiger partial charge is 0.409 e. The van der Waals surface area contributed by atoms with Gasteiger partial charge in [-0.2, -0.15) is 16.4 Å². The molecule has 4 bridgehead atoms. The Balaban J connectivity index is 1.18. The van der Waals surface area contributed by atoms with Crippen LogP contribution in [0.1, 0.15) is 84.6 Å². The van der Waals surface area contributed by atoms with Crippen LogP contribution < -0.4 is 20.4 Å². The Morgan fingerprint density at radius 3 is 2.42 bits per heavy atom. The van der Waals surface area contributed by atoms with Crippen molar-refractivity contribution in [2.45, 2.75) is 145 Å². The zero-order chi connectivity index (χ0) is 53.9. The molecule has 0 aromatic heterocycles. The van der Waals surface area contributed by atoms with Crippen molar-refractivity contribution in [3.63, 3.8) is 0 Å². The van der Waals surface area contributed by atoms with Crippen LogP contribution in [-0.4, -0.2) is 161 Å². The van der Waals surface area contributed by atoms with Gasteiger partial charge in [0.05, 0.1) is 30.6 Å².